The molecule has 0 spiro atoms. The largest absolute Gasteiger partial charge is 0.383 e. The van der Waals surface area contributed by atoms with Crippen molar-refractivity contribution in [1.82, 2.24) is 4.98 Å². The van der Waals surface area contributed by atoms with Crippen LogP contribution in [0.4, 0.5) is 5.82 Å². The predicted octanol–water partition coefficient (Wildman–Crippen LogP) is 3.88. The number of hydrogen-bond donors (Lipinski definition) is 1. The van der Waals surface area contributed by atoms with Crippen molar-refractivity contribution in [3.63, 3.8) is 0 Å². The summed E-state index contributed by atoms with van der Waals surface area (Å²) in [6, 6.07) is 14.8. The average Bonchev–Trinajstić information content (AvgIpc) is 3.31. The first kappa shape index (κ1) is 14.1. The van der Waals surface area contributed by atoms with Crippen LogP contribution in [0.5, 0.6) is 0 Å². The summed E-state index contributed by atoms with van der Waals surface area (Å²) in [5.74, 6) is 0.552. The Labute approximate surface area is 145 Å². The molecule has 0 radical (unpaired) electrons. The molecule has 0 unspecified atom stereocenters. The van der Waals surface area contributed by atoms with E-state index in [0.29, 0.717) is 5.82 Å². The van der Waals surface area contributed by atoms with Crippen LogP contribution in [-0.4, -0.2) is 24.0 Å². The number of pyridine rings is 1. The number of nitrogens with two attached hydrogens (primary N) is 1. The second-order valence-electron chi connectivity index (χ2n) is 6.39. The lowest BCUT2D eigenvalue weighted by molar-refractivity contribution is 1.11. The quantitative estimate of drug-likeness (QED) is 0.777. The summed E-state index contributed by atoms with van der Waals surface area (Å²) < 4.78 is 0. The van der Waals surface area contributed by atoms with Crippen LogP contribution in [0.2, 0.25) is 0 Å². The summed E-state index contributed by atoms with van der Waals surface area (Å²) in [5, 5.41) is 1.08. The SMILES string of the molecule is Nc1nc2cc(C3=CC=NC3)ccc2cc1-c1ccc2c(c1)C=NC2. The third-order valence-electron chi connectivity index (χ3n) is 4.81. The number of benzene rings is 2. The van der Waals surface area contributed by atoms with Gasteiger partial charge in [0.2, 0.25) is 0 Å². The highest BCUT2D eigenvalue weighted by Gasteiger charge is 2.12. The van der Waals surface area contributed by atoms with Crippen molar-refractivity contribution in [2.45, 2.75) is 6.54 Å². The number of aromatic nitrogens is 1. The van der Waals surface area contributed by atoms with Gasteiger partial charge in [-0.2, -0.15) is 0 Å². The van der Waals surface area contributed by atoms with Crippen molar-refractivity contribution in [3.05, 3.63) is 65.2 Å². The van der Waals surface area contributed by atoms with Gasteiger partial charge in [-0.05, 0) is 52.1 Å². The molecule has 2 aliphatic rings. The number of fused-ring (bicyclic) bond motifs is 2. The van der Waals surface area contributed by atoms with Gasteiger partial charge >= 0.3 is 0 Å². The minimum absolute atomic E-state index is 0.552. The first-order valence-corrected chi connectivity index (χ1v) is 8.31. The summed E-state index contributed by atoms with van der Waals surface area (Å²) in [5.41, 5.74) is 14.0. The minimum Gasteiger partial charge on any atom is -0.383 e. The molecule has 4 nitrogen and oxygen atoms in total. The van der Waals surface area contributed by atoms with E-state index in [1.807, 2.05) is 18.5 Å². The van der Waals surface area contributed by atoms with Crippen molar-refractivity contribution in [2.24, 2.45) is 9.98 Å². The van der Waals surface area contributed by atoms with E-state index in [0.717, 1.165) is 40.7 Å². The molecular formula is C21H16N4. The number of aliphatic imine (C=N–C) groups is 2. The Hall–Kier alpha value is -3.27. The van der Waals surface area contributed by atoms with Gasteiger partial charge in [0.05, 0.1) is 18.6 Å². The Balaban J connectivity index is 1.61. The monoisotopic (exact) mass is 324 g/mol. The molecule has 3 heterocycles. The molecule has 1 aromatic heterocycles. The van der Waals surface area contributed by atoms with E-state index in [1.54, 1.807) is 0 Å². The van der Waals surface area contributed by atoms with Crippen LogP contribution in [0, 0.1) is 0 Å². The molecule has 0 saturated heterocycles. The fourth-order valence-corrected chi connectivity index (χ4v) is 3.42. The second-order valence-corrected chi connectivity index (χ2v) is 6.39. The molecular weight excluding hydrogens is 308 g/mol. The zero-order valence-corrected chi connectivity index (χ0v) is 13.6. The van der Waals surface area contributed by atoms with E-state index in [2.05, 4.69) is 57.4 Å². The highest BCUT2D eigenvalue weighted by Crippen LogP contribution is 2.31. The minimum atomic E-state index is 0.552. The number of anilines is 1. The van der Waals surface area contributed by atoms with Crippen LogP contribution < -0.4 is 5.73 Å². The molecule has 2 aromatic carbocycles. The van der Waals surface area contributed by atoms with Gasteiger partial charge in [0.15, 0.2) is 0 Å². The van der Waals surface area contributed by atoms with E-state index in [9.17, 15) is 0 Å². The van der Waals surface area contributed by atoms with Crippen LogP contribution >= 0.6 is 0 Å². The maximum absolute atomic E-state index is 6.28. The third-order valence-corrected chi connectivity index (χ3v) is 4.81. The van der Waals surface area contributed by atoms with Gasteiger partial charge in [0, 0.05) is 23.4 Å². The zero-order chi connectivity index (χ0) is 16.8. The van der Waals surface area contributed by atoms with Gasteiger partial charge in [-0.25, -0.2) is 4.98 Å². The maximum atomic E-state index is 6.28. The number of hydrogen-bond acceptors (Lipinski definition) is 4. The van der Waals surface area contributed by atoms with E-state index in [-0.39, 0.29) is 0 Å². The molecule has 5 rings (SSSR count). The van der Waals surface area contributed by atoms with E-state index in [1.165, 1.54) is 16.7 Å². The van der Waals surface area contributed by atoms with Gasteiger partial charge in [0.25, 0.3) is 0 Å². The fourth-order valence-electron chi connectivity index (χ4n) is 3.42. The molecule has 120 valence electrons. The Bertz CT molecular complexity index is 1110. The average molecular weight is 324 g/mol. The summed E-state index contributed by atoms with van der Waals surface area (Å²) in [6.45, 7) is 1.50. The first-order valence-electron chi connectivity index (χ1n) is 8.31. The first-order chi connectivity index (χ1) is 12.3. The van der Waals surface area contributed by atoms with E-state index in [4.69, 9.17) is 5.73 Å². The Morgan fingerprint density at radius 2 is 1.80 bits per heavy atom. The van der Waals surface area contributed by atoms with Gasteiger partial charge in [0.1, 0.15) is 5.82 Å². The molecule has 0 bridgehead atoms. The van der Waals surface area contributed by atoms with E-state index < -0.39 is 0 Å². The Morgan fingerprint density at radius 3 is 2.68 bits per heavy atom. The Kier molecular flexibility index (Phi) is 3.04. The van der Waals surface area contributed by atoms with Crippen LogP contribution in [-0.2, 0) is 6.54 Å². The van der Waals surface area contributed by atoms with Crippen LogP contribution in [0.3, 0.4) is 0 Å². The van der Waals surface area contributed by atoms with Crippen molar-refractivity contribution in [1.29, 1.82) is 0 Å². The lowest BCUT2D eigenvalue weighted by Gasteiger charge is -2.10. The second kappa shape index (κ2) is 5.38. The summed E-state index contributed by atoms with van der Waals surface area (Å²) >= 11 is 0. The molecule has 3 aromatic rings. The highest BCUT2D eigenvalue weighted by atomic mass is 14.8. The van der Waals surface area contributed by atoms with Gasteiger partial charge in [-0.3, -0.25) is 9.98 Å². The topological polar surface area (TPSA) is 63.6 Å². The molecule has 2 N–H and O–H groups in total. The normalized spacial score (nSPS) is 15.0. The number of nitrogens with zero attached hydrogens (tertiary/aromatic N) is 3. The predicted molar refractivity (Wildman–Crippen MR) is 104 cm³/mol. The van der Waals surface area contributed by atoms with Crippen LogP contribution in [0.1, 0.15) is 16.7 Å². The molecule has 0 aliphatic carbocycles. The van der Waals surface area contributed by atoms with Crippen LogP contribution in [0.15, 0.2) is 58.5 Å². The molecule has 0 amide bonds. The van der Waals surface area contributed by atoms with Gasteiger partial charge < -0.3 is 5.73 Å². The van der Waals surface area contributed by atoms with Crippen molar-refractivity contribution in [2.75, 3.05) is 12.3 Å². The van der Waals surface area contributed by atoms with Crippen molar-refractivity contribution < 1.29 is 0 Å². The third kappa shape index (κ3) is 2.34. The molecule has 4 heteroatoms. The molecule has 0 fully saturated rings. The summed E-state index contributed by atoms with van der Waals surface area (Å²) in [6.07, 6.45) is 5.82. The van der Waals surface area contributed by atoms with E-state index >= 15 is 0 Å². The zero-order valence-electron chi connectivity index (χ0n) is 13.6. The fraction of sp³-hybridized carbons (Fsp3) is 0.0952. The number of nitrogen functional groups attached to an aromatic ring is 1. The van der Waals surface area contributed by atoms with Crippen LogP contribution in [0.25, 0.3) is 27.6 Å². The number of rotatable bonds is 2. The molecule has 2 aliphatic heterocycles. The summed E-state index contributed by atoms with van der Waals surface area (Å²) in [7, 11) is 0. The van der Waals surface area contributed by atoms with Gasteiger partial charge in [-0.1, -0.05) is 24.3 Å². The lowest BCUT2D eigenvalue weighted by atomic mass is 9.98. The Morgan fingerprint density at radius 1 is 0.880 bits per heavy atom. The summed E-state index contributed by atoms with van der Waals surface area (Å²) in [4.78, 5) is 13.2. The van der Waals surface area contributed by atoms with Crippen molar-refractivity contribution in [3.8, 4) is 11.1 Å². The molecule has 0 saturated carbocycles. The van der Waals surface area contributed by atoms with Crippen molar-refractivity contribution >= 4 is 34.7 Å². The van der Waals surface area contributed by atoms with Gasteiger partial charge in [-0.15, -0.1) is 0 Å². The smallest absolute Gasteiger partial charge is 0.131 e. The number of allylic oxidation sites excluding steroid dienone is 1. The highest BCUT2D eigenvalue weighted by molar-refractivity contribution is 5.95. The lowest BCUT2D eigenvalue weighted by Crippen LogP contribution is -1.97. The molecule has 25 heavy (non-hydrogen) atoms. The standard InChI is InChI=1S/C21H16N4/c22-21-19(14-2-4-16-11-24-12-18(16)7-14)8-15-3-1-13(9-20(15)25-21)17-5-6-23-10-17/h1-9,12H,10-11H2,(H2,22,25). The maximum Gasteiger partial charge on any atom is 0.131 e. The molecule has 0 atom stereocenters.